The summed E-state index contributed by atoms with van der Waals surface area (Å²) in [5, 5.41) is 0. The molecule has 4 heteroatoms. The van der Waals surface area contributed by atoms with Crippen molar-refractivity contribution in [1.82, 2.24) is 4.90 Å². The van der Waals surface area contributed by atoms with Crippen LogP contribution in [0.1, 0.15) is 24.9 Å². The van der Waals surface area contributed by atoms with Crippen LogP contribution in [0.25, 0.3) is 0 Å². The van der Waals surface area contributed by atoms with Gasteiger partial charge in [0.1, 0.15) is 0 Å². The van der Waals surface area contributed by atoms with Crippen LogP contribution in [0.5, 0.6) is 0 Å². The van der Waals surface area contributed by atoms with E-state index in [1.165, 1.54) is 0 Å². The predicted molar refractivity (Wildman–Crippen MR) is 78.6 cm³/mol. The van der Waals surface area contributed by atoms with Crippen LogP contribution >= 0.6 is 11.8 Å². The summed E-state index contributed by atoms with van der Waals surface area (Å²) < 4.78 is 0. The van der Waals surface area contributed by atoms with Crippen LogP contribution < -0.4 is 5.73 Å². The van der Waals surface area contributed by atoms with Crippen molar-refractivity contribution in [2.24, 2.45) is 5.73 Å². The Bertz CT molecular complexity index is 369. The molecule has 1 aromatic carbocycles. The lowest BCUT2D eigenvalue weighted by atomic mass is 10.1. The van der Waals surface area contributed by atoms with Gasteiger partial charge in [0.15, 0.2) is 0 Å². The Balaban J connectivity index is 2.63. The maximum Gasteiger partial charge on any atom is 0.239 e. The molecule has 0 bridgehead atoms. The molecule has 0 heterocycles. The molecule has 0 spiro atoms. The maximum absolute atomic E-state index is 12.2. The van der Waals surface area contributed by atoms with Gasteiger partial charge in [-0.2, -0.15) is 11.8 Å². The molecule has 0 aromatic heterocycles. The van der Waals surface area contributed by atoms with Crippen LogP contribution in [0.3, 0.4) is 0 Å². The molecule has 0 saturated carbocycles. The Morgan fingerprint density at radius 3 is 2.56 bits per heavy atom. The number of thioether (sulfide) groups is 1. The SMILES string of the molecule is CSCC[C@H](N)C(=O)N(C)C(C)c1ccccc1. The highest BCUT2D eigenvalue weighted by atomic mass is 32.2. The van der Waals surface area contributed by atoms with Gasteiger partial charge in [-0.15, -0.1) is 0 Å². The third-order valence-electron chi connectivity index (χ3n) is 3.16. The van der Waals surface area contributed by atoms with Crippen molar-refractivity contribution >= 4 is 17.7 Å². The Hall–Kier alpha value is -1.00. The largest absolute Gasteiger partial charge is 0.338 e. The van der Waals surface area contributed by atoms with Crippen LogP contribution in [0.4, 0.5) is 0 Å². The number of amides is 1. The average Bonchev–Trinajstić information content (AvgIpc) is 2.43. The predicted octanol–water partition coefficient (Wildman–Crippen LogP) is 2.29. The molecule has 0 saturated heterocycles. The molecule has 2 atom stereocenters. The molecule has 3 nitrogen and oxygen atoms in total. The zero-order valence-corrected chi connectivity index (χ0v) is 12.1. The molecule has 1 unspecified atom stereocenters. The number of benzene rings is 1. The summed E-state index contributed by atoms with van der Waals surface area (Å²) in [5.41, 5.74) is 7.05. The van der Waals surface area contributed by atoms with Crippen LogP contribution in [-0.2, 0) is 4.79 Å². The Morgan fingerprint density at radius 2 is 2.00 bits per heavy atom. The number of nitrogens with zero attached hydrogens (tertiary/aromatic N) is 1. The molecule has 1 amide bonds. The van der Waals surface area contributed by atoms with Gasteiger partial charge in [-0.1, -0.05) is 30.3 Å². The molecule has 1 aromatic rings. The van der Waals surface area contributed by atoms with Gasteiger partial charge < -0.3 is 10.6 Å². The Morgan fingerprint density at radius 1 is 1.39 bits per heavy atom. The number of carbonyl (C=O) groups excluding carboxylic acids is 1. The normalized spacial score (nSPS) is 14.0. The highest BCUT2D eigenvalue weighted by Crippen LogP contribution is 2.19. The smallest absolute Gasteiger partial charge is 0.239 e. The molecule has 0 fully saturated rings. The lowest BCUT2D eigenvalue weighted by Gasteiger charge is -2.28. The van der Waals surface area contributed by atoms with E-state index in [4.69, 9.17) is 5.73 Å². The lowest BCUT2D eigenvalue weighted by molar-refractivity contribution is -0.133. The quantitative estimate of drug-likeness (QED) is 0.859. The second-order valence-electron chi connectivity index (χ2n) is 4.42. The first kappa shape index (κ1) is 15.1. The first-order valence-electron chi connectivity index (χ1n) is 6.14. The van der Waals surface area contributed by atoms with Gasteiger partial charge in [-0.05, 0) is 30.9 Å². The third kappa shape index (κ3) is 4.03. The van der Waals surface area contributed by atoms with Crippen molar-refractivity contribution in [1.29, 1.82) is 0 Å². The third-order valence-corrected chi connectivity index (χ3v) is 3.80. The molecule has 0 aliphatic carbocycles. The van der Waals surface area contributed by atoms with E-state index in [9.17, 15) is 4.79 Å². The van der Waals surface area contributed by atoms with Crippen LogP contribution in [-0.4, -0.2) is 35.9 Å². The van der Waals surface area contributed by atoms with Crippen molar-refractivity contribution in [3.05, 3.63) is 35.9 Å². The van der Waals surface area contributed by atoms with E-state index >= 15 is 0 Å². The van der Waals surface area contributed by atoms with Gasteiger partial charge in [0.05, 0.1) is 12.1 Å². The molecule has 0 aliphatic heterocycles. The molecular formula is C14H22N2OS. The summed E-state index contributed by atoms with van der Waals surface area (Å²) in [6, 6.07) is 9.66. The van der Waals surface area contributed by atoms with Gasteiger partial charge >= 0.3 is 0 Å². The molecule has 1 rings (SSSR count). The fourth-order valence-electron chi connectivity index (χ4n) is 1.78. The van der Waals surface area contributed by atoms with E-state index < -0.39 is 6.04 Å². The number of hydrogen-bond acceptors (Lipinski definition) is 3. The van der Waals surface area contributed by atoms with Crippen molar-refractivity contribution < 1.29 is 4.79 Å². The van der Waals surface area contributed by atoms with Crippen LogP contribution in [0.15, 0.2) is 30.3 Å². The Labute approximate surface area is 114 Å². The summed E-state index contributed by atoms with van der Waals surface area (Å²) >= 11 is 1.71. The van der Waals surface area contributed by atoms with E-state index in [1.54, 1.807) is 16.7 Å². The fraction of sp³-hybridized carbons (Fsp3) is 0.500. The molecule has 100 valence electrons. The number of rotatable bonds is 6. The van der Waals surface area contributed by atoms with Gasteiger partial charge in [0, 0.05) is 7.05 Å². The number of likely N-dealkylation sites (N-methyl/N-ethyl adjacent to an activating group) is 1. The van der Waals surface area contributed by atoms with Crippen LogP contribution in [0, 0.1) is 0 Å². The topological polar surface area (TPSA) is 46.3 Å². The second-order valence-corrected chi connectivity index (χ2v) is 5.41. The van der Waals surface area contributed by atoms with Gasteiger partial charge in [0.25, 0.3) is 0 Å². The van der Waals surface area contributed by atoms with Crippen molar-refractivity contribution in [3.8, 4) is 0 Å². The molecular weight excluding hydrogens is 244 g/mol. The van der Waals surface area contributed by atoms with Gasteiger partial charge in [-0.3, -0.25) is 4.79 Å². The molecule has 18 heavy (non-hydrogen) atoms. The minimum absolute atomic E-state index is 0.0143. The fourth-order valence-corrected chi connectivity index (χ4v) is 2.27. The van der Waals surface area contributed by atoms with E-state index in [2.05, 4.69) is 0 Å². The molecule has 2 N–H and O–H groups in total. The zero-order chi connectivity index (χ0) is 13.5. The highest BCUT2D eigenvalue weighted by Gasteiger charge is 2.22. The monoisotopic (exact) mass is 266 g/mol. The van der Waals surface area contributed by atoms with Crippen molar-refractivity contribution in [3.63, 3.8) is 0 Å². The summed E-state index contributed by atoms with van der Waals surface area (Å²) in [5.74, 6) is 0.931. The summed E-state index contributed by atoms with van der Waals surface area (Å²) in [6.07, 6.45) is 2.75. The maximum atomic E-state index is 12.2. The minimum Gasteiger partial charge on any atom is -0.338 e. The summed E-state index contributed by atoms with van der Waals surface area (Å²) in [6.45, 7) is 2.02. The number of nitrogens with two attached hydrogens (primary N) is 1. The molecule has 0 radical (unpaired) electrons. The van der Waals surface area contributed by atoms with E-state index in [0.717, 1.165) is 17.7 Å². The van der Waals surface area contributed by atoms with Crippen LogP contribution in [0.2, 0.25) is 0 Å². The lowest BCUT2D eigenvalue weighted by Crippen LogP contribution is -2.43. The van der Waals surface area contributed by atoms with E-state index in [1.807, 2.05) is 50.6 Å². The standard InChI is InChI=1S/C14H22N2OS/c1-11(12-7-5-4-6-8-12)16(2)14(17)13(15)9-10-18-3/h4-8,11,13H,9-10,15H2,1-3H3/t11?,13-/m0/s1. The summed E-state index contributed by atoms with van der Waals surface area (Å²) in [7, 11) is 1.82. The van der Waals surface area contributed by atoms with E-state index in [-0.39, 0.29) is 11.9 Å². The number of hydrogen-bond donors (Lipinski definition) is 1. The van der Waals surface area contributed by atoms with E-state index in [0.29, 0.717) is 0 Å². The average molecular weight is 266 g/mol. The van der Waals surface area contributed by atoms with Gasteiger partial charge in [0.2, 0.25) is 5.91 Å². The Kier molecular flexibility index (Phi) is 6.22. The molecule has 0 aliphatic rings. The first-order valence-corrected chi connectivity index (χ1v) is 7.53. The zero-order valence-electron chi connectivity index (χ0n) is 11.3. The van der Waals surface area contributed by atoms with Gasteiger partial charge in [-0.25, -0.2) is 0 Å². The minimum atomic E-state index is -0.395. The number of carbonyl (C=O) groups is 1. The summed E-state index contributed by atoms with van der Waals surface area (Å²) in [4.78, 5) is 13.9. The van der Waals surface area contributed by atoms with Crippen molar-refractivity contribution in [2.45, 2.75) is 25.4 Å². The highest BCUT2D eigenvalue weighted by molar-refractivity contribution is 7.98. The van der Waals surface area contributed by atoms with Crippen molar-refractivity contribution in [2.75, 3.05) is 19.1 Å². The second kappa shape index (κ2) is 7.44. The first-order chi connectivity index (χ1) is 8.57.